The van der Waals surface area contributed by atoms with Gasteiger partial charge in [0.2, 0.25) is 5.13 Å². The van der Waals surface area contributed by atoms with Crippen molar-refractivity contribution in [2.45, 2.75) is 6.92 Å². The van der Waals surface area contributed by atoms with Gasteiger partial charge in [-0.05, 0) is 19.1 Å². The maximum absolute atomic E-state index is 12.2. The molecule has 22 heavy (non-hydrogen) atoms. The van der Waals surface area contributed by atoms with Crippen LogP contribution in [0.2, 0.25) is 5.02 Å². The van der Waals surface area contributed by atoms with Crippen LogP contribution >= 0.6 is 22.9 Å². The van der Waals surface area contributed by atoms with Crippen molar-refractivity contribution in [2.24, 2.45) is 0 Å². The molecule has 0 saturated heterocycles. The zero-order valence-electron chi connectivity index (χ0n) is 11.7. The highest BCUT2D eigenvalue weighted by molar-refractivity contribution is 7.18. The van der Waals surface area contributed by atoms with Gasteiger partial charge in [0, 0.05) is 5.56 Å². The fraction of sp³-hybridized carbons (Fsp3) is 0.0625. The molecular formula is C16H12ClN3OS. The lowest BCUT2D eigenvalue weighted by Gasteiger charge is -2.02. The van der Waals surface area contributed by atoms with E-state index in [9.17, 15) is 4.79 Å². The lowest BCUT2D eigenvalue weighted by atomic mass is 10.2. The number of amides is 1. The summed E-state index contributed by atoms with van der Waals surface area (Å²) in [6.07, 6.45) is 0. The van der Waals surface area contributed by atoms with Gasteiger partial charge in [0.1, 0.15) is 5.01 Å². The second-order valence-corrected chi connectivity index (χ2v) is 6.10. The first-order valence-electron chi connectivity index (χ1n) is 6.60. The van der Waals surface area contributed by atoms with E-state index >= 15 is 0 Å². The molecule has 0 unspecified atom stereocenters. The summed E-state index contributed by atoms with van der Waals surface area (Å²) < 4.78 is 0. The Balaban J connectivity index is 1.78. The Morgan fingerprint density at radius 2 is 1.82 bits per heavy atom. The summed E-state index contributed by atoms with van der Waals surface area (Å²) in [6, 6.07) is 14.9. The number of carbonyl (C=O) groups is 1. The zero-order valence-corrected chi connectivity index (χ0v) is 13.3. The largest absolute Gasteiger partial charge is 0.296 e. The van der Waals surface area contributed by atoms with E-state index in [2.05, 4.69) is 15.5 Å². The molecule has 0 saturated carbocycles. The van der Waals surface area contributed by atoms with E-state index in [1.54, 1.807) is 24.3 Å². The number of aryl methyl sites for hydroxylation is 1. The highest BCUT2D eigenvalue weighted by Crippen LogP contribution is 2.27. The number of benzene rings is 2. The summed E-state index contributed by atoms with van der Waals surface area (Å²) in [4.78, 5) is 12.2. The number of aromatic nitrogens is 2. The molecule has 6 heteroatoms. The Kier molecular flexibility index (Phi) is 4.18. The van der Waals surface area contributed by atoms with E-state index in [1.165, 1.54) is 16.9 Å². The van der Waals surface area contributed by atoms with Crippen LogP contribution in [-0.4, -0.2) is 16.1 Å². The van der Waals surface area contributed by atoms with E-state index in [4.69, 9.17) is 11.6 Å². The predicted octanol–water partition coefficient (Wildman–Crippen LogP) is 4.42. The van der Waals surface area contributed by atoms with E-state index in [-0.39, 0.29) is 5.91 Å². The van der Waals surface area contributed by atoms with Crippen molar-refractivity contribution in [1.29, 1.82) is 0 Å². The minimum Gasteiger partial charge on any atom is -0.296 e. The molecule has 0 radical (unpaired) electrons. The monoisotopic (exact) mass is 329 g/mol. The van der Waals surface area contributed by atoms with Gasteiger partial charge >= 0.3 is 0 Å². The number of anilines is 1. The van der Waals surface area contributed by atoms with Crippen LogP contribution in [0, 0.1) is 6.92 Å². The summed E-state index contributed by atoms with van der Waals surface area (Å²) in [5.41, 5.74) is 2.57. The summed E-state index contributed by atoms with van der Waals surface area (Å²) >= 11 is 7.33. The average Bonchev–Trinajstić information content (AvgIpc) is 2.97. The topological polar surface area (TPSA) is 54.9 Å². The molecule has 0 aliphatic rings. The Bertz CT molecular complexity index is 814. The standard InChI is InChI=1S/C16H12ClN3OS/c1-10-6-8-11(9-7-10)15-19-20-16(22-15)18-14(21)12-4-2-3-5-13(12)17/h2-9H,1H3,(H,18,20,21). The first-order chi connectivity index (χ1) is 10.6. The number of hydrogen-bond acceptors (Lipinski definition) is 4. The highest BCUT2D eigenvalue weighted by atomic mass is 35.5. The molecule has 4 nitrogen and oxygen atoms in total. The SMILES string of the molecule is Cc1ccc(-c2nnc(NC(=O)c3ccccc3Cl)s2)cc1. The van der Waals surface area contributed by atoms with Crippen molar-refractivity contribution in [3.63, 3.8) is 0 Å². The molecule has 1 amide bonds. The summed E-state index contributed by atoms with van der Waals surface area (Å²) in [5, 5.41) is 12.4. The van der Waals surface area contributed by atoms with Crippen molar-refractivity contribution < 1.29 is 4.79 Å². The van der Waals surface area contributed by atoms with Crippen molar-refractivity contribution in [3.05, 3.63) is 64.7 Å². The van der Waals surface area contributed by atoms with Crippen LogP contribution in [0.3, 0.4) is 0 Å². The molecule has 1 N–H and O–H groups in total. The van der Waals surface area contributed by atoms with Crippen molar-refractivity contribution in [2.75, 3.05) is 5.32 Å². The number of rotatable bonds is 3. The zero-order chi connectivity index (χ0) is 15.5. The van der Waals surface area contributed by atoms with Gasteiger partial charge in [-0.15, -0.1) is 10.2 Å². The van der Waals surface area contributed by atoms with Crippen LogP contribution in [-0.2, 0) is 0 Å². The predicted molar refractivity (Wildman–Crippen MR) is 89.5 cm³/mol. The molecule has 0 spiro atoms. The van der Waals surface area contributed by atoms with Crippen LogP contribution in [0.15, 0.2) is 48.5 Å². The Hall–Kier alpha value is -2.24. The summed E-state index contributed by atoms with van der Waals surface area (Å²) in [6.45, 7) is 2.03. The molecule has 2 aromatic carbocycles. The third-order valence-electron chi connectivity index (χ3n) is 3.06. The van der Waals surface area contributed by atoms with E-state index in [0.29, 0.717) is 15.7 Å². The van der Waals surface area contributed by atoms with E-state index < -0.39 is 0 Å². The van der Waals surface area contributed by atoms with E-state index in [1.807, 2.05) is 31.2 Å². The third-order valence-corrected chi connectivity index (χ3v) is 4.28. The Morgan fingerprint density at radius 1 is 1.09 bits per heavy atom. The highest BCUT2D eigenvalue weighted by Gasteiger charge is 2.13. The van der Waals surface area contributed by atoms with Crippen LogP contribution < -0.4 is 5.32 Å². The Morgan fingerprint density at radius 3 is 2.55 bits per heavy atom. The quantitative estimate of drug-likeness (QED) is 0.774. The second-order valence-electron chi connectivity index (χ2n) is 4.71. The number of halogens is 1. The van der Waals surface area contributed by atoms with E-state index in [0.717, 1.165) is 10.6 Å². The normalized spacial score (nSPS) is 10.5. The second kappa shape index (κ2) is 6.25. The molecule has 1 aromatic heterocycles. The van der Waals surface area contributed by atoms with Gasteiger partial charge in [0.25, 0.3) is 5.91 Å². The van der Waals surface area contributed by atoms with Crippen LogP contribution in [0.5, 0.6) is 0 Å². The fourth-order valence-corrected chi connectivity index (χ4v) is 2.86. The summed E-state index contributed by atoms with van der Waals surface area (Å²) in [7, 11) is 0. The third kappa shape index (κ3) is 3.16. The Labute approximate surface area is 136 Å². The van der Waals surface area contributed by atoms with Crippen LogP contribution in [0.4, 0.5) is 5.13 Å². The molecule has 110 valence electrons. The number of hydrogen-bond donors (Lipinski definition) is 1. The van der Waals surface area contributed by atoms with Gasteiger partial charge in [-0.1, -0.05) is 64.9 Å². The van der Waals surface area contributed by atoms with Gasteiger partial charge in [-0.3, -0.25) is 10.1 Å². The molecule has 3 aromatic rings. The molecule has 0 bridgehead atoms. The van der Waals surface area contributed by atoms with Gasteiger partial charge in [0.05, 0.1) is 10.6 Å². The lowest BCUT2D eigenvalue weighted by molar-refractivity contribution is 0.102. The lowest BCUT2D eigenvalue weighted by Crippen LogP contribution is -2.12. The molecule has 3 rings (SSSR count). The first-order valence-corrected chi connectivity index (χ1v) is 7.79. The average molecular weight is 330 g/mol. The van der Waals surface area contributed by atoms with Crippen LogP contribution in [0.25, 0.3) is 10.6 Å². The molecule has 0 atom stereocenters. The van der Waals surface area contributed by atoms with Crippen molar-refractivity contribution in [1.82, 2.24) is 10.2 Å². The maximum atomic E-state index is 12.2. The molecule has 0 fully saturated rings. The first kappa shape index (κ1) is 14.7. The minimum atomic E-state index is -0.294. The van der Waals surface area contributed by atoms with Crippen LogP contribution in [0.1, 0.15) is 15.9 Å². The fourth-order valence-electron chi connectivity index (χ4n) is 1.90. The molecule has 0 aliphatic carbocycles. The number of nitrogens with zero attached hydrogens (tertiary/aromatic N) is 2. The van der Waals surface area contributed by atoms with Gasteiger partial charge in [-0.2, -0.15) is 0 Å². The van der Waals surface area contributed by atoms with Gasteiger partial charge in [-0.25, -0.2) is 0 Å². The molecular weight excluding hydrogens is 318 g/mol. The van der Waals surface area contributed by atoms with Gasteiger partial charge < -0.3 is 0 Å². The van der Waals surface area contributed by atoms with Crippen molar-refractivity contribution in [3.8, 4) is 10.6 Å². The smallest absolute Gasteiger partial charge is 0.259 e. The number of nitrogens with one attached hydrogen (secondary N) is 1. The summed E-state index contributed by atoms with van der Waals surface area (Å²) in [5.74, 6) is -0.294. The van der Waals surface area contributed by atoms with Gasteiger partial charge in [0.15, 0.2) is 0 Å². The number of carbonyl (C=O) groups excluding carboxylic acids is 1. The van der Waals surface area contributed by atoms with Crippen molar-refractivity contribution >= 4 is 34.0 Å². The molecule has 0 aliphatic heterocycles. The maximum Gasteiger partial charge on any atom is 0.259 e. The molecule has 1 heterocycles. The minimum absolute atomic E-state index is 0.294.